The third-order valence-electron chi connectivity index (χ3n) is 3.76. The van der Waals surface area contributed by atoms with Crippen LogP contribution in [0.25, 0.3) is 0 Å². The van der Waals surface area contributed by atoms with E-state index in [-0.39, 0.29) is 5.91 Å². The number of hydrogen-bond donors (Lipinski definition) is 1. The van der Waals surface area contributed by atoms with E-state index in [2.05, 4.69) is 14.5 Å². The number of aryl methyl sites for hydroxylation is 1. The molecule has 5 heteroatoms. The van der Waals surface area contributed by atoms with E-state index in [9.17, 15) is 4.79 Å². The molecule has 1 atom stereocenters. The average molecular weight is 258 g/mol. The van der Waals surface area contributed by atoms with Crippen molar-refractivity contribution in [2.24, 2.45) is 5.92 Å². The molecule has 1 N–H and O–H groups in total. The number of nitrogens with one attached hydrogen (secondary N) is 1. The minimum atomic E-state index is 0.0812. The normalized spacial score (nSPS) is 18.1. The average Bonchev–Trinajstić information content (AvgIpc) is 3.08. The first-order valence-corrected chi connectivity index (χ1v) is 6.62. The van der Waals surface area contributed by atoms with Crippen molar-refractivity contribution in [2.45, 2.75) is 19.4 Å². The molecule has 0 bridgehead atoms. The molecular weight excluding hydrogens is 240 g/mol. The lowest BCUT2D eigenvalue weighted by Gasteiger charge is -2.28. The molecule has 1 amide bonds. The Morgan fingerprint density at radius 2 is 2.53 bits per heavy atom. The molecule has 2 aromatic rings. The summed E-state index contributed by atoms with van der Waals surface area (Å²) in [6.45, 7) is 1.75. The summed E-state index contributed by atoms with van der Waals surface area (Å²) in [5.41, 5.74) is 0.724. The first-order valence-electron chi connectivity index (χ1n) is 6.62. The Hall–Kier alpha value is -2.04. The van der Waals surface area contributed by atoms with Gasteiger partial charge in [0.2, 0.25) is 0 Å². The fraction of sp³-hybridized carbons (Fsp3) is 0.429. The van der Waals surface area contributed by atoms with Gasteiger partial charge in [-0.1, -0.05) is 0 Å². The number of aromatic nitrogens is 3. The Morgan fingerprint density at radius 1 is 1.63 bits per heavy atom. The Bertz CT molecular complexity index is 558. The molecule has 3 rings (SSSR count). The quantitative estimate of drug-likeness (QED) is 0.908. The maximum absolute atomic E-state index is 12.2. The van der Waals surface area contributed by atoms with Gasteiger partial charge in [-0.3, -0.25) is 4.79 Å². The van der Waals surface area contributed by atoms with Crippen LogP contribution in [0.1, 0.15) is 22.6 Å². The molecule has 0 aliphatic carbocycles. The number of carbonyl (C=O) groups excluding carboxylic acids is 1. The fourth-order valence-electron chi connectivity index (χ4n) is 2.73. The summed E-state index contributed by atoms with van der Waals surface area (Å²) in [6, 6.07) is 1.81. The van der Waals surface area contributed by atoms with Gasteiger partial charge in [0.15, 0.2) is 0 Å². The summed E-state index contributed by atoms with van der Waals surface area (Å²) in [4.78, 5) is 21.2. The van der Waals surface area contributed by atoms with Crippen molar-refractivity contribution in [1.29, 1.82) is 0 Å². The van der Waals surface area contributed by atoms with E-state index >= 15 is 0 Å². The smallest absolute Gasteiger partial charge is 0.255 e. The molecule has 0 spiro atoms. The highest BCUT2D eigenvalue weighted by Gasteiger charge is 2.22. The highest BCUT2D eigenvalue weighted by molar-refractivity contribution is 5.93. The number of imidazole rings is 1. The van der Waals surface area contributed by atoms with Crippen LogP contribution in [0.4, 0.5) is 0 Å². The van der Waals surface area contributed by atoms with Crippen LogP contribution in [0.5, 0.6) is 0 Å². The summed E-state index contributed by atoms with van der Waals surface area (Å²) >= 11 is 0. The monoisotopic (exact) mass is 258 g/mol. The van der Waals surface area contributed by atoms with Crippen LogP contribution in [0, 0.1) is 5.92 Å². The number of H-pyrrole nitrogens is 1. The lowest BCUT2D eigenvalue weighted by atomic mass is 9.99. The number of carbonyl (C=O) groups is 1. The highest BCUT2D eigenvalue weighted by Crippen LogP contribution is 2.19. The fourth-order valence-corrected chi connectivity index (χ4v) is 2.73. The Morgan fingerprint density at radius 3 is 3.32 bits per heavy atom. The summed E-state index contributed by atoms with van der Waals surface area (Å²) in [6.07, 6.45) is 9.50. The molecule has 0 saturated heterocycles. The van der Waals surface area contributed by atoms with Gasteiger partial charge in [0.05, 0.1) is 5.56 Å². The zero-order valence-electron chi connectivity index (χ0n) is 11.0. The van der Waals surface area contributed by atoms with E-state index in [0.717, 1.165) is 37.3 Å². The van der Waals surface area contributed by atoms with E-state index in [1.807, 2.05) is 30.4 Å². The second-order valence-corrected chi connectivity index (χ2v) is 5.19. The van der Waals surface area contributed by atoms with Gasteiger partial charge >= 0.3 is 0 Å². The largest absolute Gasteiger partial charge is 0.367 e. The van der Waals surface area contributed by atoms with Crippen molar-refractivity contribution in [3.05, 3.63) is 42.2 Å². The number of aromatic amines is 1. The lowest BCUT2D eigenvalue weighted by molar-refractivity contribution is 0.0761. The van der Waals surface area contributed by atoms with Crippen LogP contribution in [-0.2, 0) is 13.0 Å². The van der Waals surface area contributed by atoms with Crippen molar-refractivity contribution in [3.8, 4) is 0 Å². The molecule has 1 aliphatic rings. The third-order valence-corrected chi connectivity index (χ3v) is 3.76. The van der Waals surface area contributed by atoms with Crippen LogP contribution in [0.3, 0.4) is 0 Å². The molecule has 2 aromatic heterocycles. The van der Waals surface area contributed by atoms with Crippen LogP contribution < -0.4 is 0 Å². The van der Waals surface area contributed by atoms with Gasteiger partial charge in [-0.15, -0.1) is 0 Å². The minimum absolute atomic E-state index is 0.0812. The predicted octanol–water partition coefficient (Wildman–Crippen LogP) is 1.55. The van der Waals surface area contributed by atoms with E-state index in [1.54, 1.807) is 12.4 Å². The number of hydrogen-bond acceptors (Lipinski definition) is 2. The second kappa shape index (κ2) is 4.91. The molecule has 19 heavy (non-hydrogen) atoms. The summed E-state index contributed by atoms with van der Waals surface area (Å²) in [7, 11) is 1.87. The Kier molecular flexibility index (Phi) is 3.11. The molecule has 3 heterocycles. The standard InChI is InChI=1S/C14H18N4O/c1-17(14(19)12-4-5-15-8-12)9-11-2-3-13-16-6-7-18(13)10-11/h4-8,11,15H,2-3,9-10H2,1H3. The van der Waals surface area contributed by atoms with Crippen molar-refractivity contribution in [2.75, 3.05) is 13.6 Å². The molecule has 0 saturated carbocycles. The molecule has 0 radical (unpaired) electrons. The zero-order chi connectivity index (χ0) is 13.2. The van der Waals surface area contributed by atoms with Gasteiger partial charge in [-0.2, -0.15) is 0 Å². The van der Waals surface area contributed by atoms with Crippen molar-refractivity contribution >= 4 is 5.91 Å². The van der Waals surface area contributed by atoms with E-state index in [0.29, 0.717) is 5.92 Å². The number of rotatable bonds is 3. The predicted molar refractivity (Wildman–Crippen MR) is 71.8 cm³/mol. The zero-order valence-corrected chi connectivity index (χ0v) is 11.0. The van der Waals surface area contributed by atoms with E-state index in [1.165, 1.54) is 0 Å². The third kappa shape index (κ3) is 2.41. The summed E-state index contributed by atoms with van der Waals surface area (Å²) < 4.78 is 2.20. The topological polar surface area (TPSA) is 53.9 Å². The number of amides is 1. The van der Waals surface area contributed by atoms with E-state index in [4.69, 9.17) is 0 Å². The van der Waals surface area contributed by atoms with Crippen LogP contribution >= 0.6 is 0 Å². The summed E-state index contributed by atoms with van der Waals surface area (Å²) in [5.74, 6) is 1.75. The van der Waals surface area contributed by atoms with Gasteiger partial charge in [0, 0.05) is 51.3 Å². The molecule has 1 aliphatic heterocycles. The molecule has 5 nitrogen and oxygen atoms in total. The van der Waals surface area contributed by atoms with Crippen LogP contribution in [-0.4, -0.2) is 38.9 Å². The Balaban J connectivity index is 1.62. The number of fused-ring (bicyclic) bond motifs is 1. The molecule has 0 fully saturated rings. The van der Waals surface area contributed by atoms with Gasteiger partial charge in [0.25, 0.3) is 5.91 Å². The molecule has 0 aromatic carbocycles. The SMILES string of the molecule is CN(CC1CCc2nccn2C1)C(=O)c1cc[nH]c1. The molecular formula is C14H18N4O. The number of nitrogens with zero attached hydrogens (tertiary/aromatic N) is 3. The first kappa shape index (κ1) is 12.0. The molecule has 100 valence electrons. The van der Waals surface area contributed by atoms with Crippen LogP contribution in [0.15, 0.2) is 30.9 Å². The summed E-state index contributed by atoms with van der Waals surface area (Å²) in [5, 5.41) is 0. The van der Waals surface area contributed by atoms with E-state index < -0.39 is 0 Å². The maximum atomic E-state index is 12.2. The van der Waals surface area contributed by atoms with Gasteiger partial charge in [-0.05, 0) is 18.4 Å². The minimum Gasteiger partial charge on any atom is -0.367 e. The van der Waals surface area contributed by atoms with Gasteiger partial charge in [-0.25, -0.2) is 4.98 Å². The van der Waals surface area contributed by atoms with Crippen molar-refractivity contribution in [3.63, 3.8) is 0 Å². The molecule has 1 unspecified atom stereocenters. The van der Waals surface area contributed by atoms with Gasteiger partial charge in [0.1, 0.15) is 5.82 Å². The van der Waals surface area contributed by atoms with Crippen molar-refractivity contribution < 1.29 is 4.79 Å². The Labute approximate surface area is 112 Å². The van der Waals surface area contributed by atoms with Crippen LogP contribution in [0.2, 0.25) is 0 Å². The highest BCUT2D eigenvalue weighted by atomic mass is 16.2. The van der Waals surface area contributed by atoms with Gasteiger partial charge < -0.3 is 14.5 Å². The van der Waals surface area contributed by atoms with Crippen molar-refractivity contribution in [1.82, 2.24) is 19.4 Å². The maximum Gasteiger partial charge on any atom is 0.255 e. The first-order chi connectivity index (χ1) is 9.24. The second-order valence-electron chi connectivity index (χ2n) is 5.19. The lowest BCUT2D eigenvalue weighted by Crippen LogP contribution is -2.35.